The fourth-order valence-electron chi connectivity index (χ4n) is 2.82. The second-order valence-corrected chi connectivity index (χ2v) is 5.41. The smallest absolute Gasteiger partial charge is 0.317 e. The Hall–Kier alpha value is -1.59. The summed E-state index contributed by atoms with van der Waals surface area (Å²) in [7, 11) is 0. The van der Waals surface area contributed by atoms with Gasteiger partial charge in [0.25, 0.3) is 0 Å². The van der Waals surface area contributed by atoms with Gasteiger partial charge in [-0.3, -0.25) is 14.5 Å². The van der Waals surface area contributed by atoms with Gasteiger partial charge in [-0.2, -0.15) is 0 Å². The molecule has 2 rings (SSSR count). The predicted molar refractivity (Wildman–Crippen MR) is 88.7 cm³/mol. The van der Waals surface area contributed by atoms with Crippen LogP contribution in [0.2, 0.25) is 0 Å². The van der Waals surface area contributed by atoms with Crippen molar-refractivity contribution in [2.24, 2.45) is 0 Å². The lowest BCUT2D eigenvalue weighted by Gasteiger charge is -2.30. The Balaban J connectivity index is 0.00000242. The first-order valence-corrected chi connectivity index (χ1v) is 7.39. The van der Waals surface area contributed by atoms with Crippen LogP contribution in [0.5, 0.6) is 0 Å². The Morgan fingerprint density at radius 2 is 2.05 bits per heavy atom. The molecular formula is C16H23ClN2O3. The fraction of sp³-hybridized carbons (Fsp3) is 0.500. The molecule has 6 heteroatoms. The second kappa shape index (κ2) is 8.15. The molecule has 1 aromatic carbocycles. The third-order valence-electron chi connectivity index (χ3n) is 3.91. The number of carbonyl (C=O) groups is 2. The first kappa shape index (κ1) is 18.5. The minimum Gasteiger partial charge on any atom is -0.480 e. The van der Waals surface area contributed by atoms with E-state index in [1.54, 1.807) is 16.7 Å². The summed E-state index contributed by atoms with van der Waals surface area (Å²) in [6.45, 7) is 4.96. The number of hydrogen-bond donors (Lipinski definition) is 1. The summed E-state index contributed by atoms with van der Waals surface area (Å²) in [5.74, 6) is -0.917. The number of rotatable bonds is 6. The van der Waals surface area contributed by atoms with E-state index in [1.807, 2.05) is 31.2 Å². The lowest BCUT2D eigenvalue weighted by Crippen LogP contribution is -2.48. The molecule has 1 amide bonds. The van der Waals surface area contributed by atoms with E-state index in [-0.39, 0.29) is 24.9 Å². The number of carboxylic acids is 1. The summed E-state index contributed by atoms with van der Waals surface area (Å²) in [6.07, 6.45) is 1.68. The number of para-hydroxylation sites is 1. The van der Waals surface area contributed by atoms with Gasteiger partial charge in [0.2, 0.25) is 5.91 Å². The van der Waals surface area contributed by atoms with Crippen molar-refractivity contribution in [2.45, 2.75) is 32.7 Å². The van der Waals surface area contributed by atoms with E-state index < -0.39 is 12.0 Å². The van der Waals surface area contributed by atoms with Gasteiger partial charge in [-0.15, -0.1) is 12.4 Å². The molecule has 1 N–H and O–H groups in total. The van der Waals surface area contributed by atoms with Crippen molar-refractivity contribution in [3.05, 3.63) is 29.8 Å². The van der Waals surface area contributed by atoms with Gasteiger partial charge in [0, 0.05) is 12.2 Å². The molecule has 122 valence electrons. The van der Waals surface area contributed by atoms with Gasteiger partial charge in [0.05, 0.1) is 12.6 Å². The first-order valence-electron chi connectivity index (χ1n) is 7.39. The zero-order valence-electron chi connectivity index (χ0n) is 13.0. The Kier molecular flexibility index (Phi) is 6.84. The molecule has 1 atom stereocenters. The molecule has 0 saturated heterocycles. The molecule has 1 aliphatic heterocycles. The largest absolute Gasteiger partial charge is 0.480 e. The van der Waals surface area contributed by atoms with E-state index in [9.17, 15) is 9.59 Å². The molecule has 0 fully saturated rings. The highest BCUT2D eigenvalue weighted by Crippen LogP contribution is 2.28. The first-order chi connectivity index (χ1) is 10.0. The summed E-state index contributed by atoms with van der Waals surface area (Å²) in [5, 5.41) is 9.00. The van der Waals surface area contributed by atoms with Crippen LogP contribution in [-0.4, -0.2) is 47.6 Å². The third-order valence-corrected chi connectivity index (χ3v) is 3.91. The third kappa shape index (κ3) is 3.99. The molecule has 0 spiro atoms. The van der Waals surface area contributed by atoms with Crippen molar-refractivity contribution in [2.75, 3.05) is 24.5 Å². The van der Waals surface area contributed by atoms with E-state index in [0.717, 1.165) is 18.5 Å². The van der Waals surface area contributed by atoms with Gasteiger partial charge >= 0.3 is 5.97 Å². The highest BCUT2D eigenvalue weighted by molar-refractivity contribution is 5.98. The molecule has 1 unspecified atom stereocenters. The number of anilines is 1. The summed E-state index contributed by atoms with van der Waals surface area (Å²) in [5.41, 5.74) is 2.14. The molecule has 0 saturated carbocycles. The predicted octanol–water partition coefficient (Wildman–Crippen LogP) is 2.18. The van der Waals surface area contributed by atoms with Gasteiger partial charge in [0.15, 0.2) is 0 Å². The average molecular weight is 327 g/mol. The number of nitrogens with zero attached hydrogens (tertiary/aromatic N) is 2. The Bertz CT molecular complexity index is 536. The number of fused-ring (bicyclic) bond motifs is 1. The molecule has 1 aromatic rings. The average Bonchev–Trinajstić information content (AvgIpc) is 2.88. The van der Waals surface area contributed by atoms with Gasteiger partial charge in [-0.25, -0.2) is 0 Å². The number of halogens is 1. The van der Waals surface area contributed by atoms with Crippen LogP contribution in [-0.2, 0) is 16.0 Å². The maximum Gasteiger partial charge on any atom is 0.317 e. The SMILES string of the molecule is CCCN(CC(=O)O)C(C)C(=O)N1CCc2ccccc21.Cl. The van der Waals surface area contributed by atoms with Crippen LogP contribution in [0, 0.1) is 0 Å². The quantitative estimate of drug-likeness (QED) is 0.870. The molecule has 22 heavy (non-hydrogen) atoms. The van der Waals surface area contributed by atoms with Gasteiger partial charge in [-0.05, 0) is 37.9 Å². The van der Waals surface area contributed by atoms with Gasteiger partial charge in [-0.1, -0.05) is 25.1 Å². The van der Waals surface area contributed by atoms with E-state index in [2.05, 4.69) is 0 Å². The van der Waals surface area contributed by atoms with Crippen LogP contribution >= 0.6 is 12.4 Å². The Morgan fingerprint density at radius 1 is 1.36 bits per heavy atom. The number of benzene rings is 1. The Morgan fingerprint density at radius 3 is 2.68 bits per heavy atom. The minimum atomic E-state index is -0.898. The molecule has 0 radical (unpaired) electrons. The molecule has 1 heterocycles. The summed E-state index contributed by atoms with van der Waals surface area (Å²) < 4.78 is 0. The lowest BCUT2D eigenvalue weighted by molar-refractivity contribution is -0.139. The van der Waals surface area contributed by atoms with Gasteiger partial charge in [0.1, 0.15) is 0 Å². The summed E-state index contributed by atoms with van der Waals surface area (Å²) >= 11 is 0. The molecule has 5 nitrogen and oxygen atoms in total. The highest BCUT2D eigenvalue weighted by Gasteiger charge is 2.31. The van der Waals surface area contributed by atoms with Crippen molar-refractivity contribution >= 4 is 30.0 Å². The highest BCUT2D eigenvalue weighted by atomic mass is 35.5. The van der Waals surface area contributed by atoms with Crippen molar-refractivity contribution in [1.29, 1.82) is 0 Å². The standard InChI is InChI=1S/C16H22N2O3.ClH/c1-3-9-17(11-15(19)20)12(2)16(21)18-10-8-13-6-4-5-7-14(13)18;/h4-7,12H,3,8-11H2,1-2H3,(H,19,20);1H. The monoisotopic (exact) mass is 326 g/mol. The topological polar surface area (TPSA) is 60.9 Å². The number of amides is 1. The van der Waals surface area contributed by atoms with Crippen LogP contribution in [0.15, 0.2) is 24.3 Å². The molecular weight excluding hydrogens is 304 g/mol. The maximum absolute atomic E-state index is 12.7. The summed E-state index contributed by atoms with van der Waals surface area (Å²) in [6, 6.07) is 7.47. The summed E-state index contributed by atoms with van der Waals surface area (Å²) in [4.78, 5) is 27.2. The molecule has 0 aliphatic carbocycles. The van der Waals surface area contributed by atoms with Crippen molar-refractivity contribution in [3.63, 3.8) is 0 Å². The number of aliphatic carboxylic acids is 1. The van der Waals surface area contributed by atoms with E-state index >= 15 is 0 Å². The van der Waals surface area contributed by atoms with Crippen molar-refractivity contribution < 1.29 is 14.7 Å². The molecule has 0 bridgehead atoms. The van der Waals surface area contributed by atoms with Crippen molar-refractivity contribution in [1.82, 2.24) is 4.90 Å². The van der Waals surface area contributed by atoms with Crippen LogP contribution in [0.4, 0.5) is 5.69 Å². The minimum absolute atomic E-state index is 0. The zero-order valence-corrected chi connectivity index (χ0v) is 13.8. The van der Waals surface area contributed by atoms with Crippen LogP contribution in [0.3, 0.4) is 0 Å². The second-order valence-electron chi connectivity index (χ2n) is 5.41. The lowest BCUT2D eigenvalue weighted by atomic mass is 10.1. The maximum atomic E-state index is 12.7. The number of hydrogen-bond acceptors (Lipinski definition) is 3. The molecule has 0 aromatic heterocycles. The van der Waals surface area contributed by atoms with E-state index in [4.69, 9.17) is 5.11 Å². The van der Waals surface area contributed by atoms with E-state index in [0.29, 0.717) is 13.1 Å². The van der Waals surface area contributed by atoms with E-state index in [1.165, 1.54) is 5.56 Å². The normalized spacial score (nSPS) is 14.4. The van der Waals surface area contributed by atoms with Crippen LogP contribution in [0.1, 0.15) is 25.8 Å². The number of carbonyl (C=O) groups excluding carboxylic acids is 1. The van der Waals surface area contributed by atoms with Crippen molar-refractivity contribution in [3.8, 4) is 0 Å². The van der Waals surface area contributed by atoms with Gasteiger partial charge < -0.3 is 10.0 Å². The zero-order chi connectivity index (χ0) is 15.4. The van der Waals surface area contributed by atoms with Crippen LogP contribution in [0.25, 0.3) is 0 Å². The number of carboxylic acid groups (broad SMARTS) is 1. The fourth-order valence-corrected chi connectivity index (χ4v) is 2.82. The Labute approximate surface area is 137 Å². The van der Waals surface area contributed by atoms with Crippen LogP contribution < -0.4 is 4.90 Å². The molecule has 1 aliphatic rings.